The summed E-state index contributed by atoms with van der Waals surface area (Å²) in [6.45, 7) is 4.23. The van der Waals surface area contributed by atoms with Gasteiger partial charge >= 0.3 is 0 Å². The zero-order valence-electron chi connectivity index (χ0n) is 10.3. The van der Waals surface area contributed by atoms with Gasteiger partial charge in [0.1, 0.15) is 11.6 Å². The molecule has 100 valence electrons. The molecule has 1 amide bonds. The van der Waals surface area contributed by atoms with Crippen LogP contribution in [-0.2, 0) is 11.2 Å². The van der Waals surface area contributed by atoms with Gasteiger partial charge in [0, 0.05) is 12.6 Å². The molecule has 1 unspecified atom stereocenters. The molecule has 0 heterocycles. The summed E-state index contributed by atoms with van der Waals surface area (Å²) in [5, 5.41) is 2.46. The van der Waals surface area contributed by atoms with E-state index in [0.29, 0.717) is 6.54 Å². The second kappa shape index (κ2) is 6.69. The van der Waals surface area contributed by atoms with Crippen molar-refractivity contribution >= 4 is 17.5 Å². The summed E-state index contributed by atoms with van der Waals surface area (Å²) in [6, 6.07) is 3.16. The lowest BCUT2D eigenvalue weighted by atomic mass is 10.1. The Hall–Kier alpha value is -1.16. The molecule has 18 heavy (non-hydrogen) atoms. The fourth-order valence-electron chi connectivity index (χ4n) is 1.35. The first-order chi connectivity index (χ1) is 8.40. The molecule has 0 aliphatic rings. The van der Waals surface area contributed by atoms with Gasteiger partial charge < -0.3 is 5.32 Å². The summed E-state index contributed by atoms with van der Waals surface area (Å²) in [6.07, 6.45) is -0.117. The number of benzene rings is 1. The Bertz CT molecular complexity index is 423. The maximum atomic E-state index is 13.3. The SMILES string of the molecule is CC(C)C(Cl)CNC(=O)Cc1ccc(F)cc1F. The first-order valence-corrected chi connectivity index (χ1v) is 6.18. The summed E-state index contributed by atoms with van der Waals surface area (Å²) >= 11 is 5.98. The Morgan fingerprint density at radius 2 is 2.06 bits per heavy atom. The van der Waals surface area contributed by atoms with Gasteiger partial charge in [-0.3, -0.25) is 4.79 Å². The molecular formula is C13H16ClF2NO. The van der Waals surface area contributed by atoms with Crippen molar-refractivity contribution in [2.24, 2.45) is 5.92 Å². The largest absolute Gasteiger partial charge is 0.354 e. The summed E-state index contributed by atoms with van der Waals surface area (Å²) in [7, 11) is 0. The second-order valence-corrected chi connectivity index (χ2v) is 5.04. The molecule has 0 radical (unpaired) electrons. The Morgan fingerprint density at radius 1 is 1.39 bits per heavy atom. The highest BCUT2D eigenvalue weighted by molar-refractivity contribution is 6.21. The Labute approximate surface area is 110 Å². The van der Waals surface area contributed by atoms with Crippen LogP contribution >= 0.6 is 11.6 Å². The van der Waals surface area contributed by atoms with Crippen molar-refractivity contribution < 1.29 is 13.6 Å². The van der Waals surface area contributed by atoms with E-state index in [4.69, 9.17) is 11.6 Å². The molecule has 0 bridgehead atoms. The number of amides is 1. The summed E-state index contributed by atoms with van der Waals surface area (Å²) in [4.78, 5) is 11.5. The number of carbonyl (C=O) groups excluding carboxylic acids is 1. The van der Waals surface area contributed by atoms with Crippen molar-refractivity contribution in [3.63, 3.8) is 0 Å². The zero-order chi connectivity index (χ0) is 13.7. The number of rotatable bonds is 5. The van der Waals surface area contributed by atoms with Gasteiger partial charge in [-0.15, -0.1) is 11.6 Å². The standard InChI is InChI=1S/C13H16ClF2NO/c1-8(2)11(14)7-17-13(18)5-9-3-4-10(15)6-12(9)16/h3-4,6,8,11H,5,7H2,1-2H3,(H,17,18). The predicted molar refractivity (Wildman–Crippen MR) is 67.6 cm³/mol. The van der Waals surface area contributed by atoms with Crippen LogP contribution in [0.4, 0.5) is 8.78 Å². The fourth-order valence-corrected chi connectivity index (χ4v) is 1.42. The molecule has 0 spiro atoms. The predicted octanol–water partition coefficient (Wildman–Crippen LogP) is 2.89. The molecule has 5 heteroatoms. The zero-order valence-corrected chi connectivity index (χ0v) is 11.1. The minimum Gasteiger partial charge on any atom is -0.354 e. The van der Waals surface area contributed by atoms with Crippen molar-refractivity contribution in [3.05, 3.63) is 35.4 Å². The van der Waals surface area contributed by atoms with Crippen LogP contribution in [-0.4, -0.2) is 17.8 Å². The average Bonchev–Trinajstić information content (AvgIpc) is 2.29. The number of alkyl halides is 1. The number of nitrogens with one attached hydrogen (secondary N) is 1. The van der Waals surface area contributed by atoms with E-state index in [2.05, 4.69) is 5.32 Å². The van der Waals surface area contributed by atoms with Crippen LogP contribution in [0.15, 0.2) is 18.2 Å². The molecule has 1 aromatic rings. The Balaban J connectivity index is 2.50. The minimum absolute atomic E-state index is 0.117. The molecule has 1 atom stereocenters. The second-order valence-electron chi connectivity index (χ2n) is 4.48. The van der Waals surface area contributed by atoms with Gasteiger partial charge in [0.2, 0.25) is 5.91 Å². The van der Waals surface area contributed by atoms with E-state index in [-0.39, 0.29) is 29.2 Å². The molecule has 0 aromatic heterocycles. The molecule has 2 nitrogen and oxygen atoms in total. The molecule has 0 fully saturated rings. The van der Waals surface area contributed by atoms with E-state index in [1.165, 1.54) is 6.07 Å². The molecule has 0 aliphatic heterocycles. The van der Waals surface area contributed by atoms with Crippen LogP contribution in [0.5, 0.6) is 0 Å². The van der Waals surface area contributed by atoms with Crippen LogP contribution in [0.25, 0.3) is 0 Å². The summed E-state index contributed by atoms with van der Waals surface area (Å²) in [5.74, 6) is -1.45. The van der Waals surface area contributed by atoms with E-state index in [0.717, 1.165) is 12.1 Å². The average molecular weight is 276 g/mol. The van der Waals surface area contributed by atoms with Crippen LogP contribution in [0.1, 0.15) is 19.4 Å². The summed E-state index contributed by atoms with van der Waals surface area (Å²) in [5.41, 5.74) is 0.171. The third-order valence-corrected chi connectivity index (χ3v) is 3.24. The van der Waals surface area contributed by atoms with Crippen molar-refractivity contribution in [3.8, 4) is 0 Å². The normalized spacial score (nSPS) is 12.6. The van der Waals surface area contributed by atoms with Crippen LogP contribution < -0.4 is 5.32 Å². The lowest BCUT2D eigenvalue weighted by Gasteiger charge is -2.14. The van der Waals surface area contributed by atoms with Crippen molar-refractivity contribution in [2.75, 3.05) is 6.54 Å². The van der Waals surface area contributed by atoms with Crippen LogP contribution in [0, 0.1) is 17.6 Å². The van der Waals surface area contributed by atoms with Crippen molar-refractivity contribution in [1.29, 1.82) is 0 Å². The molecule has 0 saturated carbocycles. The van der Waals surface area contributed by atoms with E-state index in [1.54, 1.807) is 0 Å². The summed E-state index contributed by atoms with van der Waals surface area (Å²) < 4.78 is 26.0. The van der Waals surface area contributed by atoms with Crippen LogP contribution in [0.3, 0.4) is 0 Å². The molecule has 0 saturated heterocycles. The Morgan fingerprint density at radius 3 is 2.61 bits per heavy atom. The molecule has 0 aliphatic carbocycles. The smallest absolute Gasteiger partial charge is 0.224 e. The van der Waals surface area contributed by atoms with Gasteiger partial charge in [0.15, 0.2) is 0 Å². The highest BCUT2D eigenvalue weighted by Crippen LogP contribution is 2.11. The van der Waals surface area contributed by atoms with Gasteiger partial charge in [-0.1, -0.05) is 19.9 Å². The maximum absolute atomic E-state index is 13.3. The topological polar surface area (TPSA) is 29.1 Å². The minimum atomic E-state index is -0.712. The molecule has 1 N–H and O–H groups in total. The molecule has 1 aromatic carbocycles. The van der Waals surface area contributed by atoms with Gasteiger partial charge in [-0.2, -0.15) is 0 Å². The molecule has 1 rings (SSSR count). The monoisotopic (exact) mass is 275 g/mol. The number of hydrogen-bond acceptors (Lipinski definition) is 1. The first-order valence-electron chi connectivity index (χ1n) is 5.75. The van der Waals surface area contributed by atoms with Gasteiger partial charge in [-0.05, 0) is 17.5 Å². The van der Waals surface area contributed by atoms with E-state index in [1.807, 2.05) is 13.8 Å². The maximum Gasteiger partial charge on any atom is 0.224 e. The third-order valence-electron chi connectivity index (χ3n) is 2.58. The lowest BCUT2D eigenvalue weighted by Crippen LogP contribution is -2.33. The quantitative estimate of drug-likeness (QED) is 0.823. The van der Waals surface area contributed by atoms with Crippen LogP contribution in [0.2, 0.25) is 0 Å². The number of halogens is 3. The van der Waals surface area contributed by atoms with E-state index >= 15 is 0 Å². The molecular weight excluding hydrogens is 260 g/mol. The number of hydrogen-bond donors (Lipinski definition) is 1. The van der Waals surface area contributed by atoms with Gasteiger partial charge in [-0.25, -0.2) is 8.78 Å². The fraction of sp³-hybridized carbons (Fsp3) is 0.462. The number of carbonyl (C=O) groups is 1. The van der Waals surface area contributed by atoms with E-state index in [9.17, 15) is 13.6 Å². The van der Waals surface area contributed by atoms with Crippen molar-refractivity contribution in [1.82, 2.24) is 5.32 Å². The highest BCUT2D eigenvalue weighted by atomic mass is 35.5. The third kappa shape index (κ3) is 4.61. The van der Waals surface area contributed by atoms with Gasteiger partial charge in [0.05, 0.1) is 11.8 Å². The lowest BCUT2D eigenvalue weighted by molar-refractivity contribution is -0.120. The Kier molecular flexibility index (Phi) is 5.54. The first kappa shape index (κ1) is 14.9. The van der Waals surface area contributed by atoms with Crippen molar-refractivity contribution in [2.45, 2.75) is 25.6 Å². The highest BCUT2D eigenvalue weighted by Gasteiger charge is 2.13. The van der Waals surface area contributed by atoms with E-state index < -0.39 is 11.6 Å². The van der Waals surface area contributed by atoms with Gasteiger partial charge in [0.25, 0.3) is 0 Å².